The average Bonchev–Trinajstić information content (AvgIpc) is 2.33. The van der Waals surface area contributed by atoms with Gasteiger partial charge in [-0.3, -0.25) is 0 Å². The Morgan fingerprint density at radius 3 is 2.42 bits per heavy atom. The molecule has 1 unspecified atom stereocenters. The van der Waals surface area contributed by atoms with Crippen LogP contribution in [-0.2, 0) is 0 Å². The third-order valence-electron chi connectivity index (χ3n) is 3.51. The quantitative estimate of drug-likeness (QED) is 0.845. The van der Waals surface area contributed by atoms with Crippen LogP contribution in [-0.4, -0.2) is 26.2 Å². The van der Waals surface area contributed by atoms with Gasteiger partial charge in [-0.15, -0.1) is 0 Å². The number of para-hydroxylation sites is 1. The van der Waals surface area contributed by atoms with Crippen LogP contribution in [0.1, 0.15) is 34.1 Å². The fraction of sp³-hybridized carbons (Fsp3) is 0.625. The highest BCUT2D eigenvalue weighted by Gasteiger charge is 2.23. The largest absolute Gasteiger partial charge is 0.372 e. The van der Waals surface area contributed by atoms with E-state index in [-0.39, 0.29) is 11.2 Å². The summed E-state index contributed by atoms with van der Waals surface area (Å²) < 4.78 is 13.7. The van der Waals surface area contributed by atoms with Crippen molar-refractivity contribution in [3.05, 3.63) is 30.1 Å². The maximum Gasteiger partial charge on any atom is 0.146 e. The third-order valence-corrected chi connectivity index (χ3v) is 3.51. The van der Waals surface area contributed by atoms with Gasteiger partial charge in [-0.1, -0.05) is 39.8 Å². The van der Waals surface area contributed by atoms with Gasteiger partial charge in [0.2, 0.25) is 0 Å². The second-order valence-electron chi connectivity index (χ2n) is 6.14. The van der Waals surface area contributed by atoms with Crippen LogP contribution in [0.15, 0.2) is 24.3 Å². The Hall–Kier alpha value is -1.09. The van der Waals surface area contributed by atoms with Gasteiger partial charge in [0.15, 0.2) is 0 Å². The first-order valence-electron chi connectivity index (χ1n) is 7.05. The minimum Gasteiger partial charge on any atom is -0.372 e. The van der Waals surface area contributed by atoms with E-state index in [1.807, 2.05) is 24.1 Å². The van der Waals surface area contributed by atoms with Gasteiger partial charge < -0.3 is 10.2 Å². The van der Waals surface area contributed by atoms with Crippen molar-refractivity contribution in [2.24, 2.45) is 5.41 Å². The smallest absolute Gasteiger partial charge is 0.146 e. The highest BCUT2D eigenvalue weighted by Crippen LogP contribution is 2.23. The molecule has 0 aliphatic heterocycles. The van der Waals surface area contributed by atoms with Crippen molar-refractivity contribution in [3.63, 3.8) is 0 Å². The van der Waals surface area contributed by atoms with Gasteiger partial charge in [-0.05, 0) is 30.5 Å². The number of benzene rings is 1. The maximum atomic E-state index is 13.7. The lowest BCUT2D eigenvalue weighted by Crippen LogP contribution is -2.42. The van der Waals surface area contributed by atoms with Gasteiger partial charge in [0.25, 0.3) is 0 Å². The summed E-state index contributed by atoms with van der Waals surface area (Å²) in [6, 6.07) is 7.38. The highest BCUT2D eigenvalue weighted by molar-refractivity contribution is 5.46. The van der Waals surface area contributed by atoms with E-state index in [0.717, 1.165) is 19.5 Å². The zero-order valence-electron chi connectivity index (χ0n) is 12.8. The van der Waals surface area contributed by atoms with Crippen molar-refractivity contribution in [1.82, 2.24) is 5.32 Å². The summed E-state index contributed by atoms with van der Waals surface area (Å²) in [6.07, 6.45) is 1.00. The molecular weight excluding hydrogens is 239 g/mol. The van der Waals surface area contributed by atoms with Gasteiger partial charge in [0, 0.05) is 19.6 Å². The number of halogens is 1. The zero-order valence-corrected chi connectivity index (χ0v) is 12.8. The predicted molar refractivity (Wildman–Crippen MR) is 81.2 cm³/mol. The SMILES string of the molecule is CCNC(CCN(C)c1ccccc1F)C(C)(C)C. The fourth-order valence-corrected chi connectivity index (χ4v) is 2.29. The van der Waals surface area contributed by atoms with Gasteiger partial charge >= 0.3 is 0 Å². The van der Waals surface area contributed by atoms with Crippen molar-refractivity contribution in [2.45, 2.75) is 40.2 Å². The van der Waals surface area contributed by atoms with Crippen LogP contribution >= 0.6 is 0 Å². The number of rotatable bonds is 6. The lowest BCUT2D eigenvalue weighted by atomic mass is 9.84. The number of nitrogens with one attached hydrogen (secondary N) is 1. The summed E-state index contributed by atoms with van der Waals surface area (Å²) in [7, 11) is 1.95. The minimum atomic E-state index is -0.152. The molecule has 3 heteroatoms. The molecule has 1 atom stereocenters. The number of hydrogen-bond donors (Lipinski definition) is 1. The van der Waals surface area contributed by atoms with Crippen LogP contribution in [0.3, 0.4) is 0 Å². The summed E-state index contributed by atoms with van der Waals surface area (Å²) in [5, 5.41) is 3.52. The van der Waals surface area contributed by atoms with Crippen molar-refractivity contribution in [3.8, 4) is 0 Å². The Morgan fingerprint density at radius 1 is 1.26 bits per heavy atom. The highest BCUT2D eigenvalue weighted by atomic mass is 19.1. The fourth-order valence-electron chi connectivity index (χ4n) is 2.29. The standard InChI is InChI=1S/C16H27FN2/c1-6-18-15(16(2,3)4)11-12-19(5)14-10-8-7-9-13(14)17/h7-10,15,18H,6,11-12H2,1-5H3. The van der Waals surface area contributed by atoms with E-state index in [2.05, 4.69) is 33.0 Å². The maximum absolute atomic E-state index is 13.7. The molecule has 0 radical (unpaired) electrons. The summed E-state index contributed by atoms with van der Waals surface area (Å²) in [5.74, 6) is -0.152. The summed E-state index contributed by atoms with van der Waals surface area (Å²) >= 11 is 0. The third kappa shape index (κ3) is 4.83. The van der Waals surface area contributed by atoms with Gasteiger partial charge in [0.05, 0.1) is 5.69 Å². The molecule has 19 heavy (non-hydrogen) atoms. The molecule has 0 aromatic heterocycles. The first-order valence-corrected chi connectivity index (χ1v) is 7.05. The molecule has 0 amide bonds. The van der Waals surface area contributed by atoms with E-state index in [1.165, 1.54) is 6.07 Å². The lowest BCUT2D eigenvalue weighted by Gasteiger charge is -2.33. The Kier molecular flexibility index (Phi) is 5.80. The molecule has 0 saturated heterocycles. The Balaban J connectivity index is 2.62. The molecular formula is C16H27FN2. The van der Waals surface area contributed by atoms with Crippen LogP contribution in [0.2, 0.25) is 0 Å². The topological polar surface area (TPSA) is 15.3 Å². The van der Waals surface area contributed by atoms with Crippen LogP contribution in [0.4, 0.5) is 10.1 Å². The molecule has 0 spiro atoms. The molecule has 108 valence electrons. The molecule has 0 saturated carbocycles. The summed E-state index contributed by atoms with van der Waals surface area (Å²) in [5.41, 5.74) is 0.887. The zero-order chi connectivity index (χ0) is 14.5. The Labute approximate surface area is 117 Å². The molecule has 2 nitrogen and oxygen atoms in total. The van der Waals surface area contributed by atoms with Crippen molar-refractivity contribution >= 4 is 5.69 Å². The second-order valence-corrected chi connectivity index (χ2v) is 6.14. The Bertz CT molecular complexity index is 385. The Morgan fingerprint density at radius 2 is 1.89 bits per heavy atom. The van der Waals surface area contributed by atoms with E-state index in [4.69, 9.17) is 0 Å². The molecule has 1 aromatic carbocycles. The monoisotopic (exact) mass is 266 g/mol. The van der Waals surface area contributed by atoms with E-state index in [9.17, 15) is 4.39 Å². The van der Waals surface area contributed by atoms with Crippen molar-refractivity contribution in [1.29, 1.82) is 0 Å². The molecule has 0 heterocycles. The summed E-state index contributed by atoms with van der Waals surface area (Å²) in [6.45, 7) is 10.6. The van der Waals surface area contributed by atoms with Gasteiger partial charge in [0.1, 0.15) is 5.82 Å². The van der Waals surface area contributed by atoms with E-state index >= 15 is 0 Å². The molecule has 0 aliphatic carbocycles. The van der Waals surface area contributed by atoms with E-state index < -0.39 is 0 Å². The van der Waals surface area contributed by atoms with Crippen LogP contribution in [0, 0.1) is 11.2 Å². The van der Waals surface area contributed by atoms with Crippen LogP contribution in [0.5, 0.6) is 0 Å². The molecule has 0 fully saturated rings. The molecule has 1 rings (SSSR count). The second kappa shape index (κ2) is 6.90. The van der Waals surface area contributed by atoms with Crippen molar-refractivity contribution < 1.29 is 4.39 Å². The van der Waals surface area contributed by atoms with Crippen LogP contribution in [0.25, 0.3) is 0 Å². The molecule has 1 aromatic rings. The summed E-state index contributed by atoms with van der Waals surface area (Å²) in [4.78, 5) is 1.99. The van der Waals surface area contributed by atoms with Crippen LogP contribution < -0.4 is 10.2 Å². The predicted octanol–water partition coefficient (Wildman–Crippen LogP) is 3.68. The molecule has 0 aliphatic rings. The van der Waals surface area contributed by atoms with E-state index in [1.54, 1.807) is 6.07 Å². The van der Waals surface area contributed by atoms with Crippen molar-refractivity contribution in [2.75, 3.05) is 25.0 Å². The van der Waals surface area contributed by atoms with Gasteiger partial charge in [-0.25, -0.2) is 4.39 Å². The molecule has 1 N–H and O–H groups in total. The normalized spacial score (nSPS) is 13.4. The number of anilines is 1. The molecule has 0 bridgehead atoms. The lowest BCUT2D eigenvalue weighted by molar-refractivity contribution is 0.260. The minimum absolute atomic E-state index is 0.152. The first-order chi connectivity index (χ1) is 8.86. The van der Waals surface area contributed by atoms with Gasteiger partial charge in [-0.2, -0.15) is 0 Å². The number of nitrogens with zero attached hydrogens (tertiary/aromatic N) is 1. The number of hydrogen-bond acceptors (Lipinski definition) is 2. The van der Waals surface area contributed by atoms with E-state index in [0.29, 0.717) is 11.7 Å². The first kappa shape index (κ1) is 16.0. The average molecular weight is 266 g/mol.